The van der Waals surface area contributed by atoms with E-state index >= 15 is 0 Å². The zero-order valence-electron chi connectivity index (χ0n) is 20.6. The van der Waals surface area contributed by atoms with Gasteiger partial charge >= 0.3 is 12.1 Å². The van der Waals surface area contributed by atoms with Crippen molar-refractivity contribution in [2.45, 2.75) is 53.1 Å². The summed E-state index contributed by atoms with van der Waals surface area (Å²) < 4.78 is 1.39. The number of anilines is 1. The number of urea groups is 1. The molecule has 35 heavy (non-hydrogen) atoms. The molecule has 0 bridgehead atoms. The molecule has 0 saturated heterocycles. The first kappa shape index (κ1) is 26.0. The molecule has 1 heterocycles. The van der Waals surface area contributed by atoms with Gasteiger partial charge in [0.05, 0.1) is 27.7 Å². The van der Waals surface area contributed by atoms with Crippen molar-refractivity contribution in [3.63, 3.8) is 0 Å². The Morgan fingerprint density at radius 3 is 2.51 bits per heavy atom. The zero-order valence-corrected chi connectivity index (χ0v) is 21.4. The molecule has 0 saturated carbocycles. The van der Waals surface area contributed by atoms with E-state index in [0.29, 0.717) is 23.4 Å². The van der Waals surface area contributed by atoms with Gasteiger partial charge in [0, 0.05) is 17.8 Å². The predicted octanol–water partition coefficient (Wildman–Crippen LogP) is 5.33. The third kappa shape index (κ3) is 5.24. The molecule has 3 aromatic rings. The highest BCUT2D eigenvalue weighted by Gasteiger charge is 2.35. The number of fused-ring (bicyclic) bond motifs is 1. The number of nitrogens with one attached hydrogen (secondary N) is 2. The number of amides is 3. The maximum atomic E-state index is 13.9. The fourth-order valence-corrected chi connectivity index (χ4v) is 4.38. The quantitative estimate of drug-likeness (QED) is 0.438. The minimum absolute atomic E-state index is 0.226. The average molecular weight is 500 g/mol. The first-order valence-corrected chi connectivity index (χ1v) is 11.6. The van der Waals surface area contributed by atoms with Gasteiger partial charge in [0.1, 0.15) is 5.82 Å². The highest BCUT2D eigenvalue weighted by molar-refractivity contribution is 6.35. The minimum atomic E-state index is -1.14. The monoisotopic (exact) mass is 499 g/mol. The van der Waals surface area contributed by atoms with Crippen LogP contribution >= 0.6 is 11.6 Å². The van der Waals surface area contributed by atoms with E-state index in [9.17, 15) is 19.5 Å². The maximum Gasteiger partial charge on any atom is 0.408 e. The minimum Gasteiger partial charge on any atom is -0.465 e. The SMILES string of the molecule is CCNC(=O)Nc1ccc(C)c(-n2c([C@H](C)N(C(=O)O)C(C)(C)C)nc3cccc(Cl)c3c2=O)c1. The van der Waals surface area contributed by atoms with Crippen LogP contribution in [0.4, 0.5) is 15.3 Å². The molecule has 0 radical (unpaired) electrons. The van der Waals surface area contributed by atoms with Crippen molar-refractivity contribution in [1.82, 2.24) is 19.8 Å². The molecule has 0 unspecified atom stereocenters. The van der Waals surface area contributed by atoms with Crippen molar-refractivity contribution in [2.24, 2.45) is 0 Å². The average Bonchev–Trinajstić information content (AvgIpc) is 2.74. The van der Waals surface area contributed by atoms with Gasteiger partial charge in [-0.25, -0.2) is 14.6 Å². The lowest BCUT2D eigenvalue weighted by Crippen LogP contribution is -2.47. The lowest BCUT2D eigenvalue weighted by molar-refractivity contribution is 0.0719. The van der Waals surface area contributed by atoms with Crippen LogP contribution in [0.15, 0.2) is 41.2 Å². The van der Waals surface area contributed by atoms with Crippen LogP contribution in [0.3, 0.4) is 0 Å². The number of benzene rings is 2. The van der Waals surface area contributed by atoms with Gasteiger partial charge < -0.3 is 15.7 Å². The maximum absolute atomic E-state index is 13.9. The van der Waals surface area contributed by atoms with E-state index in [1.165, 1.54) is 9.47 Å². The van der Waals surface area contributed by atoms with Crippen molar-refractivity contribution in [2.75, 3.05) is 11.9 Å². The predicted molar refractivity (Wildman–Crippen MR) is 138 cm³/mol. The summed E-state index contributed by atoms with van der Waals surface area (Å²) in [6.07, 6.45) is -1.14. The van der Waals surface area contributed by atoms with Gasteiger partial charge in [-0.15, -0.1) is 0 Å². The van der Waals surface area contributed by atoms with E-state index in [4.69, 9.17) is 16.6 Å². The fourth-order valence-electron chi connectivity index (χ4n) is 4.13. The molecule has 10 heteroatoms. The molecule has 0 aliphatic heterocycles. The van der Waals surface area contributed by atoms with Gasteiger partial charge in [0.15, 0.2) is 0 Å². The molecule has 186 valence electrons. The van der Waals surface area contributed by atoms with Crippen molar-refractivity contribution in [3.05, 3.63) is 63.2 Å². The third-order valence-corrected chi connectivity index (χ3v) is 5.92. The van der Waals surface area contributed by atoms with Crippen molar-refractivity contribution < 1.29 is 14.7 Å². The summed E-state index contributed by atoms with van der Waals surface area (Å²) in [5, 5.41) is 15.9. The Labute approximate surface area is 208 Å². The summed E-state index contributed by atoms with van der Waals surface area (Å²) in [7, 11) is 0. The van der Waals surface area contributed by atoms with E-state index < -0.39 is 23.2 Å². The summed E-state index contributed by atoms with van der Waals surface area (Å²) in [5.41, 5.74) is 0.821. The molecular weight excluding hydrogens is 470 g/mol. The number of carboxylic acid groups (broad SMARTS) is 1. The topological polar surface area (TPSA) is 117 Å². The lowest BCUT2D eigenvalue weighted by Gasteiger charge is -2.38. The van der Waals surface area contributed by atoms with Gasteiger partial charge in [-0.3, -0.25) is 14.3 Å². The van der Waals surface area contributed by atoms with Crippen LogP contribution in [-0.4, -0.2) is 43.8 Å². The Morgan fingerprint density at radius 2 is 1.91 bits per heavy atom. The number of nitrogens with zero attached hydrogens (tertiary/aromatic N) is 3. The third-order valence-electron chi connectivity index (χ3n) is 5.61. The van der Waals surface area contributed by atoms with E-state index in [0.717, 1.165) is 5.56 Å². The number of hydrogen-bond acceptors (Lipinski definition) is 4. The molecule has 0 aliphatic rings. The summed E-state index contributed by atoms with van der Waals surface area (Å²) in [6, 6.07) is 8.96. The van der Waals surface area contributed by atoms with Crippen LogP contribution in [0.1, 0.15) is 52.0 Å². The number of halogens is 1. The summed E-state index contributed by atoms with van der Waals surface area (Å²) >= 11 is 6.39. The number of aromatic nitrogens is 2. The van der Waals surface area contributed by atoms with Crippen molar-refractivity contribution >= 4 is 40.3 Å². The van der Waals surface area contributed by atoms with Gasteiger partial charge in [-0.1, -0.05) is 23.7 Å². The normalized spacial score (nSPS) is 12.3. The highest BCUT2D eigenvalue weighted by atomic mass is 35.5. The Morgan fingerprint density at radius 1 is 1.23 bits per heavy atom. The van der Waals surface area contributed by atoms with Crippen molar-refractivity contribution in [3.8, 4) is 5.69 Å². The van der Waals surface area contributed by atoms with E-state index in [1.54, 1.807) is 71.0 Å². The molecule has 0 fully saturated rings. The lowest BCUT2D eigenvalue weighted by atomic mass is 10.0. The molecule has 3 amide bonds. The van der Waals surface area contributed by atoms with E-state index in [2.05, 4.69) is 10.6 Å². The van der Waals surface area contributed by atoms with Crippen LogP contribution < -0.4 is 16.2 Å². The highest BCUT2D eigenvalue weighted by Crippen LogP contribution is 2.31. The Hall–Kier alpha value is -3.59. The molecular formula is C25H30ClN5O4. The largest absolute Gasteiger partial charge is 0.465 e. The summed E-state index contributed by atoms with van der Waals surface area (Å²) in [6.45, 7) is 11.1. The number of rotatable bonds is 5. The molecule has 0 aliphatic carbocycles. The van der Waals surface area contributed by atoms with Crippen LogP contribution in [-0.2, 0) is 0 Å². The van der Waals surface area contributed by atoms with Gasteiger partial charge in [0.2, 0.25) is 0 Å². The molecule has 3 rings (SSSR count). The molecule has 1 aromatic heterocycles. The Bertz CT molecular complexity index is 1350. The van der Waals surface area contributed by atoms with E-state index in [-0.39, 0.29) is 22.3 Å². The Balaban J connectivity index is 2.36. The number of aryl methyl sites for hydroxylation is 1. The second-order valence-corrected chi connectivity index (χ2v) is 9.64. The van der Waals surface area contributed by atoms with Gasteiger partial charge in [0.25, 0.3) is 5.56 Å². The summed E-state index contributed by atoms with van der Waals surface area (Å²) in [4.78, 5) is 44.2. The first-order chi connectivity index (χ1) is 16.4. The molecule has 0 spiro atoms. The fraction of sp³-hybridized carbons (Fsp3) is 0.360. The van der Waals surface area contributed by atoms with Gasteiger partial charge in [-0.2, -0.15) is 0 Å². The van der Waals surface area contributed by atoms with Crippen LogP contribution in [0.2, 0.25) is 5.02 Å². The summed E-state index contributed by atoms with van der Waals surface area (Å²) in [5.74, 6) is 0.236. The molecule has 3 N–H and O–H groups in total. The van der Waals surface area contributed by atoms with Crippen molar-refractivity contribution in [1.29, 1.82) is 0 Å². The van der Waals surface area contributed by atoms with Gasteiger partial charge in [-0.05, 0) is 71.4 Å². The smallest absolute Gasteiger partial charge is 0.408 e. The second-order valence-electron chi connectivity index (χ2n) is 9.23. The number of carbonyl (C=O) groups excluding carboxylic acids is 1. The molecule has 9 nitrogen and oxygen atoms in total. The zero-order chi connectivity index (χ0) is 26.1. The second kappa shape index (κ2) is 9.95. The van der Waals surface area contributed by atoms with Crippen LogP contribution in [0, 0.1) is 6.92 Å². The molecule has 2 aromatic carbocycles. The molecule has 1 atom stereocenters. The standard InChI is InChI=1S/C25H30ClN5O4/c1-7-27-23(33)28-16-12-11-14(2)19(13-16)30-21(15(3)31(24(34)35)25(4,5)6)29-18-10-8-9-17(26)20(18)22(30)32/h8-13,15H,7H2,1-6H3,(H,34,35)(H2,27,28,33)/t15-/m0/s1. The first-order valence-electron chi connectivity index (χ1n) is 11.3. The van der Waals surface area contributed by atoms with E-state index in [1.807, 2.05) is 6.92 Å². The van der Waals surface area contributed by atoms with Crippen LogP contribution in [0.5, 0.6) is 0 Å². The number of carbonyl (C=O) groups is 2. The Kier molecular flexibility index (Phi) is 7.40. The van der Waals surface area contributed by atoms with Crippen LogP contribution in [0.25, 0.3) is 16.6 Å². The number of hydrogen-bond donors (Lipinski definition) is 3.